The van der Waals surface area contributed by atoms with Crippen molar-refractivity contribution in [3.8, 4) is 0 Å². The number of benzene rings is 2. The molecule has 1 heterocycles. The molecule has 9 heteroatoms. The van der Waals surface area contributed by atoms with Gasteiger partial charge in [-0.15, -0.1) is 5.10 Å². The highest BCUT2D eigenvalue weighted by Gasteiger charge is 2.28. The molecule has 0 bridgehead atoms. The van der Waals surface area contributed by atoms with E-state index < -0.39 is 24.0 Å². The third-order valence-electron chi connectivity index (χ3n) is 4.35. The largest absolute Gasteiger partial charge is 0.451 e. The second-order valence-electron chi connectivity index (χ2n) is 6.52. The number of halogens is 1. The lowest BCUT2D eigenvalue weighted by molar-refractivity contribution is -0.156. The van der Waals surface area contributed by atoms with E-state index in [2.05, 4.69) is 20.8 Å². The molecule has 0 aliphatic rings. The van der Waals surface area contributed by atoms with Crippen molar-refractivity contribution < 1.29 is 14.3 Å². The summed E-state index contributed by atoms with van der Waals surface area (Å²) < 4.78 is 6.73. The van der Waals surface area contributed by atoms with Crippen LogP contribution >= 0.6 is 11.6 Å². The fraction of sp³-hybridized carbons (Fsp3) is 0.250. The number of anilines is 1. The molecule has 2 aromatic carbocycles. The SMILES string of the molecule is Cc1ccc(Cl)cc1NC(=O)[C@H](C)OC(=O)[C@H](Cc1ccccc1)n1cnnn1. The number of aromatic nitrogens is 4. The quantitative estimate of drug-likeness (QED) is 0.598. The smallest absolute Gasteiger partial charge is 0.332 e. The van der Waals surface area contributed by atoms with Gasteiger partial charge in [-0.05, 0) is 47.5 Å². The molecule has 1 amide bonds. The standard InChI is InChI=1S/C20H20ClN5O3/c1-13-8-9-16(21)11-17(13)23-19(27)14(2)29-20(28)18(26-12-22-24-25-26)10-15-6-4-3-5-7-15/h3-9,11-12,14,18H,10H2,1-2H3,(H,23,27)/t14-,18-/m0/s1. The number of amides is 1. The van der Waals surface area contributed by atoms with Crippen LogP contribution in [0.2, 0.25) is 5.02 Å². The van der Waals surface area contributed by atoms with Gasteiger partial charge in [-0.1, -0.05) is 48.0 Å². The van der Waals surface area contributed by atoms with E-state index in [4.69, 9.17) is 16.3 Å². The number of tetrazole rings is 1. The van der Waals surface area contributed by atoms with E-state index in [-0.39, 0.29) is 0 Å². The van der Waals surface area contributed by atoms with Gasteiger partial charge < -0.3 is 10.1 Å². The highest BCUT2D eigenvalue weighted by molar-refractivity contribution is 6.31. The molecule has 0 unspecified atom stereocenters. The van der Waals surface area contributed by atoms with Crippen molar-refractivity contribution >= 4 is 29.2 Å². The molecule has 0 saturated carbocycles. The first-order valence-electron chi connectivity index (χ1n) is 8.98. The molecule has 0 aliphatic carbocycles. The van der Waals surface area contributed by atoms with Gasteiger partial charge in [-0.3, -0.25) is 4.79 Å². The van der Waals surface area contributed by atoms with Crippen LogP contribution in [0.25, 0.3) is 0 Å². The van der Waals surface area contributed by atoms with Crippen molar-refractivity contribution in [1.82, 2.24) is 20.2 Å². The van der Waals surface area contributed by atoms with E-state index in [0.29, 0.717) is 17.1 Å². The Labute approximate surface area is 172 Å². The monoisotopic (exact) mass is 413 g/mol. The molecule has 0 spiro atoms. The Hall–Kier alpha value is -3.26. The molecular formula is C20H20ClN5O3. The van der Waals surface area contributed by atoms with Crippen molar-refractivity contribution in [3.63, 3.8) is 0 Å². The number of nitrogens with zero attached hydrogens (tertiary/aromatic N) is 4. The van der Waals surface area contributed by atoms with Crippen LogP contribution in [-0.2, 0) is 20.7 Å². The summed E-state index contributed by atoms with van der Waals surface area (Å²) in [5.41, 5.74) is 2.32. The summed E-state index contributed by atoms with van der Waals surface area (Å²) in [6.07, 6.45) is 0.650. The second kappa shape index (κ2) is 9.29. The number of hydrogen-bond acceptors (Lipinski definition) is 6. The summed E-state index contributed by atoms with van der Waals surface area (Å²) in [6.45, 7) is 3.35. The molecule has 3 rings (SSSR count). The first-order chi connectivity index (χ1) is 13.9. The third kappa shape index (κ3) is 5.39. The number of carbonyl (C=O) groups excluding carboxylic acids is 2. The van der Waals surface area contributed by atoms with Crippen molar-refractivity contribution in [2.75, 3.05) is 5.32 Å². The van der Waals surface area contributed by atoms with Gasteiger partial charge in [0.15, 0.2) is 12.1 Å². The molecule has 29 heavy (non-hydrogen) atoms. The van der Waals surface area contributed by atoms with Crippen LogP contribution in [0.3, 0.4) is 0 Å². The fourth-order valence-electron chi connectivity index (χ4n) is 2.70. The fourth-order valence-corrected chi connectivity index (χ4v) is 2.88. The number of nitrogens with one attached hydrogen (secondary N) is 1. The topological polar surface area (TPSA) is 99.0 Å². The van der Waals surface area contributed by atoms with Crippen molar-refractivity contribution in [2.45, 2.75) is 32.4 Å². The number of carbonyl (C=O) groups is 2. The predicted molar refractivity (Wildman–Crippen MR) is 107 cm³/mol. The Morgan fingerprint density at radius 3 is 2.66 bits per heavy atom. The minimum atomic E-state index is -1.02. The number of aryl methyl sites for hydroxylation is 1. The molecular weight excluding hydrogens is 394 g/mol. The zero-order valence-corrected chi connectivity index (χ0v) is 16.7. The lowest BCUT2D eigenvalue weighted by atomic mass is 10.1. The summed E-state index contributed by atoms with van der Waals surface area (Å²) in [6, 6.07) is 13.8. The van der Waals surface area contributed by atoms with Crippen LogP contribution in [0.15, 0.2) is 54.9 Å². The Kier molecular flexibility index (Phi) is 6.56. The molecule has 0 fully saturated rings. The maximum atomic E-state index is 12.8. The number of hydrogen-bond donors (Lipinski definition) is 1. The van der Waals surface area contributed by atoms with Crippen LogP contribution in [0.4, 0.5) is 5.69 Å². The number of ether oxygens (including phenoxy) is 1. The normalized spacial score (nSPS) is 12.8. The molecule has 0 saturated heterocycles. The van der Waals surface area contributed by atoms with Crippen LogP contribution in [0.1, 0.15) is 24.1 Å². The number of rotatable bonds is 7. The Bertz CT molecular complexity index is 979. The lowest BCUT2D eigenvalue weighted by Gasteiger charge is -2.19. The van der Waals surface area contributed by atoms with Gasteiger partial charge in [0, 0.05) is 17.1 Å². The summed E-state index contributed by atoms with van der Waals surface area (Å²) in [5.74, 6) is -1.06. The first kappa shape index (κ1) is 20.5. The molecule has 0 aliphatic heterocycles. The third-order valence-corrected chi connectivity index (χ3v) is 4.58. The van der Waals surface area contributed by atoms with Crippen molar-refractivity contribution in [2.24, 2.45) is 0 Å². The average Bonchev–Trinajstić information content (AvgIpc) is 3.24. The summed E-state index contributed by atoms with van der Waals surface area (Å²) >= 11 is 5.98. The molecule has 150 valence electrons. The lowest BCUT2D eigenvalue weighted by Crippen LogP contribution is -2.34. The van der Waals surface area contributed by atoms with Gasteiger partial charge in [0.05, 0.1) is 0 Å². The van der Waals surface area contributed by atoms with Gasteiger partial charge in [0.1, 0.15) is 6.33 Å². The van der Waals surface area contributed by atoms with Crippen molar-refractivity contribution in [3.05, 3.63) is 71.0 Å². The van der Waals surface area contributed by atoms with Crippen molar-refractivity contribution in [1.29, 1.82) is 0 Å². The summed E-state index contributed by atoms with van der Waals surface area (Å²) in [4.78, 5) is 25.3. The van der Waals surface area contributed by atoms with Crippen LogP contribution in [0.5, 0.6) is 0 Å². The highest BCUT2D eigenvalue weighted by atomic mass is 35.5. The van der Waals surface area contributed by atoms with Gasteiger partial charge in [0.25, 0.3) is 5.91 Å². The summed E-state index contributed by atoms with van der Waals surface area (Å²) in [7, 11) is 0. The zero-order chi connectivity index (χ0) is 20.8. The predicted octanol–water partition coefficient (Wildman–Crippen LogP) is 2.99. The Balaban J connectivity index is 1.69. The maximum absolute atomic E-state index is 12.8. The molecule has 1 aromatic heterocycles. The molecule has 0 radical (unpaired) electrons. The molecule has 1 N–H and O–H groups in total. The zero-order valence-electron chi connectivity index (χ0n) is 15.9. The van der Waals surface area contributed by atoms with E-state index in [0.717, 1.165) is 11.1 Å². The Morgan fingerprint density at radius 1 is 1.21 bits per heavy atom. The minimum absolute atomic E-state index is 0.326. The van der Waals surface area contributed by atoms with Gasteiger partial charge in [0.2, 0.25) is 0 Å². The second-order valence-corrected chi connectivity index (χ2v) is 6.96. The average molecular weight is 414 g/mol. The van der Waals surface area contributed by atoms with Crippen LogP contribution in [0, 0.1) is 6.92 Å². The molecule has 2 atom stereocenters. The van der Waals surface area contributed by atoms with E-state index >= 15 is 0 Å². The highest BCUT2D eigenvalue weighted by Crippen LogP contribution is 2.21. The van der Waals surface area contributed by atoms with Gasteiger partial charge in [-0.2, -0.15) is 0 Å². The van der Waals surface area contributed by atoms with Crippen LogP contribution < -0.4 is 5.32 Å². The van der Waals surface area contributed by atoms with E-state index in [1.807, 2.05) is 37.3 Å². The minimum Gasteiger partial charge on any atom is -0.451 e. The summed E-state index contributed by atoms with van der Waals surface area (Å²) in [5, 5.41) is 14.2. The Morgan fingerprint density at radius 2 is 1.97 bits per heavy atom. The maximum Gasteiger partial charge on any atom is 0.332 e. The van der Waals surface area contributed by atoms with Crippen LogP contribution in [-0.4, -0.2) is 38.2 Å². The van der Waals surface area contributed by atoms with E-state index in [1.54, 1.807) is 18.2 Å². The van der Waals surface area contributed by atoms with Gasteiger partial charge >= 0.3 is 5.97 Å². The number of esters is 1. The van der Waals surface area contributed by atoms with Gasteiger partial charge in [-0.25, -0.2) is 9.48 Å². The molecule has 3 aromatic rings. The van der Waals surface area contributed by atoms with E-state index in [1.165, 1.54) is 17.9 Å². The van der Waals surface area contributed by atoms with E-state index in [9.17, 15) is 9.59 Å². The first-order valence-corrected chi connectivity index (χ1v) is 9.35. The molecule has 8 nitrogen and oxygen atoms in total.